The fourth-order valence-corrected chi connectivity index (χ4v) is 3.13. The van der Waals surface area contributed by atoms with Crippen LogP contribution in [0.4, 0.5) is 14.6 Å². The Hall–Kier alpha value is -2.15. The fourth-order valence-electron chi connectivity index (χ4n) is 3.13. The second-order valence-corrected chi connectivity index (χ2v) is 6.67. The van der Waals surface area contributed by atoms with Crippen molar-refractivity contribution < 1.29 is 8.78 Å². The molecule has 0 aromatic carbocycles. The summed E-state index contributed by atoms with van der Waals surface area (Å²) in [6.07, 6.45) is 1.26. The van der Waals surface area contributed by atoms with E-state index in [9.17, 15) is 8.78 Å². The third-order valence-corrected chi connectivity index (χ3v) is 4.72. The van der Waals surface area contributed by atoms with Crippen molar-refractivity contribution in [2.45, 2.75) is 31.7 Å². The van der Waals surface area contributed by atoms with Gasteiger partial charge in [-0.25, -0.2) is 18.7 Å². The summed E-state index contributed by atoms with van der Waals surface area (Å²) < 4.78 is 26.3. The number of aromatic nitrogens is 3. The Balaban J connectivity index is 1.43. The number of hydrogen-bond donors (Lipinski definition) is 0. The predicted molar refractivity (Wildman–Crippen MR) is 90.7 cm³/mol. The van der Waals surface area contributed by atoms with Crippen LogP contribution >= 0.6 is 0 Å². The van der Waals surface area contributed by atoms with E-state index in [1.807, 2.05) is 18.2 Å². The van der Waals surface area contributed by atoms with Crippen molar-refractivity contribution in [1.82, 2.24) is 19.9 Å². The van der Waals surface area contributed by atoms with Crippen LogP contribution in [0, 0.1) is 0 Å². The van der Waals surface area contributed by atoms with Crippen LogP contribution in [0.5, 0.6) is 0 Å². The summed E-state index contributed by atoms with van der Waals surface area (Å²) in [5.74, 6) is 1.50. The molecule has 0 radical (unpaired) electrons. The zero-order chi connectivity index (χ0) is 17.2. The first kappa shape index (κ1) is 16.3. The van der Waals surface area contributed by atoms with Gasteiger partial charge in [-0.2, -0.15) is 0 Å². The molecule has 3 heterocycles. The molecular weight excluding hydrogens is 324 g/mol. The van der Waals surface area contributed by atoms with Gasteiger partial charge < -0.3 is 4.90 Å². The highest BCUT2D eigenvalue weighted by Gasteiger charge is 2.29. The molecule has 2 fully saturated rings. The van der Waals surface area contributed by atoms with Gasteiger partial charge in [-0.1, -0.05) is 6.07 Å². The molecule has 5 nitrogen and oxygen atoms in total. The third kappa shape index (κ3) is 3.92. The molecule has 1 saturated carbocycles. The maximum absolute atomic E-state index is 13.2. The van der Waals surface area contributed by atoms with Crippen LogP contribution in [0.2, 0.25) is 0 Å². The SMILES string of the molecule is FC(F)c1cc(N2CCN(Cc3ccccn3)CC2)nc(C2CC2)n1. The Morgan fingerprint density at radius 3 is 2.52 bits per heavy atom. The lowest BCUT2D eigenvalue weighted by Crippen LogP contribution is -2.46. The van der Waals surface area contributed by atoms with E-state index in [0.717, 1.165) is 51.3 Å². The molecule has 2 aromatic rings. The number of alkyl halides is 2. The van der Waals surface area contributed by atoms with Crippen LogP contribution in [0.1, 0.15) is 42.4 Å². The van der Waals surface area contributed by atoms with Gasteiger partial charge in [-0.05, 0) is 25.0 Å². The minimum atomic E-state index is -2.55. The number of pyridine rings is 1. The lowest BCUT2D eigenvalue weighted by molar-refractivity contribution is 0.145. The summed E-state index contributed by atoms with van der Waals surface area (Å²) in [4.78, 5) is 17.4. The highest BCUT2D eigenvalue weighted by atomic mass is 19.3. The quantitative estimate of drug-likeness (QED) is 0.834. The molecule has 25 heavy (non-hydrogen) atoms. The molecule has 1 aliphatic heterocycles. The molecule has 7 heteroatoms. The highest BCUT2D eigenvalue weighted by Crippen LogP contribution is 2.39. The molecule has 2 aliphatic rings. The molecule has 4 rings (SSSR count). The molecule has 0 bridgehead atoms. The van der Waals surface area contributed by atoms with Crippen LogP contribution in [-0.2, 0) is 6.54 Å². The van der Waals surface area contributed by atoms with Gasteiger partial charge in [-0.3, -0.25) is 9.88 Å². The first-order valence-corrected chi connectivity index (χ1v) is 8.73. The average Bonchev–Trinajstić information content (AvgIpc) is 3.48. The van der Waals surface area contributed by atoms with Crippen molar-refractivity contribution >= 4 is 5.82 Å². The van der Waals surface area contributed by atoms with Gasteiger partial charge in [0.1, 0.15) is 17.3 Å². The van der Waals surface area contributed by atoms with Crippen molar-refractivity contribution in [3.8, 4) is 0 Å². The molecule has 1 aliphatic carbocycles. The lowest BCUT2D eigenvalue weighted by Gasteiger charge is -2.35. The molecule has 0 N–H and O–H groups in total. The standard InChI is InChI=1S/C18H21F2N5/c19-17(20)15-11-16(23-18(22-15)13-4-5-13)25-9-7-24(8-10-25)12-14-3-1-2-6-21-14/h1-3,6,11,13,17H,4-5,7-10,12H2. The summed E-state index contributed by atoms with van der Waals surface area (Å²) >= 11 is 0. The Morgan fingerprint density at radius 1 is 1.08 bits per heavy atom. The van der Waals surface area contributed by atoms with Gasteiger partial charge in [0.15, 0.2) is 0 Å². The van der Waals surface area contributed by atoms with Crippen LogP contribution in [0.3, 0.4) is 0 Å². The number of piperazine rings is 1. The molecule has 132 valence electrons. The average molecular weight is 345 g/mol. The number of halogens is 2. The normalized spacial score (nSPS) is 18.8. The summed E-state index contributed by atoms with van der Waals surface area (Å²) in [5.41, 5.74) is 0.900. The Labute approximate surface area is 145 Å². The zero-order valence-corrected chi connectivity index (χ0v) is 14.0. The summed E-state index contributed by atoms with van der Waals surface area (Å²) in [5, 5.41) is 0. The summed E-state index contributed by atoms with van der Waals surface area (Å²) in [7, 11) is 0. The third-order valence-electron chi connectivity index (χ3n) is 4.72. The Morgan fingerprint density at radius 2 is 1.88 bits per heavy atom. The molecule has 0 amide bonds. The smallest absolute Gasteiger partial charge is 0.280 e. The summed E-state index contributed by atoms with van der Waals surface area (Å²) in [6.45, 7) is 4.09. The lowest BCUT2D eigenvalue weighted by atomic mass is 10.2. The topological polar surface area (TPSA) is 45.2 Å². The van der Waals surface area contributed by atoms with E-state index in [1.54, 1.807) is 6.20 Å². The van der Waals surface area contributed by atoms with Crippen LogP contribution < -0.4 is 4.90 Å². The monoisotopic (exact) mass is 345 g/mol. The second kappa shape index (κ2) is 7.00. The molecule has 1 saturated heterocycles. The minimum absolute atomic E-state index is 0.150. The molecular formula is C18H21F2N5. The van der Waals surface area contributed by atoms with Gasteiger partial charge >= 0.3 is 0 Å². The fraction of sp³-hybridized carbons (Fsp3) is 0.500. The van der Waals surface area contributed by atoms with Crippen molar-refractivity contribution in [2.75, 3.05) is 31.1 Å². The summed E-state index contributed by atoms with van der Waals surface area (Å²) in [6, 6.07) is 7.37. The van der Waals surface area contributed by atoms with E-state index >= 15 is 0 Å². The maximum Gasteiger partial charge on any atom is 0.280 e. The van der Waals surface area contributed by atoms with E-state index in [4.69, 9.17) is 0 Å². The number of hydrogen-bond acceptors (Lipinski definition) is 5. The van der Waals surface area contributed by atoms with Crippen molar-refractivity contribution in [3.05, 3.63) is 47.7 Å². The molecule has 0 spiro atoms. The number of rotatable bonds is 5. The molecule has 2 aromatic heterocycles. The van der Waals surface area contributed by atoms with Gasteiger partial charge in [0.2, 0.25) is 0 Å². The largest absolute Gasteiger partial charge is 0.354 e. The van der Waals surface area contributed by atoms with Gasteiger partial charge in [0, 0.05) is 50.9 Å². The molecule has 0 atom stereocenters. The minimum Gasteiger partial charge on any atom is -0.354 e. The van der Waals surface area contributed by atoms with Crippen molar-refractivity contribution in [3.63, 3.8) is 0 Å². The highest BCUT2D eigenvalue weighted by molar-refractivity contribution is 5.41. The van der Waals surface area contributed by atoms with Crippen LogP contribution in [-0.4, -0.2) is 46.0 Å². The van der Waals surface area contributed by atoms with Crippen LogP contribution in [0.25, 0.3) is 0 Å². The van der Waals surface area contributed by atoms with E-state index < -0.39 is 6.43 Å². The van der Waals surface area contributed by atoms with Crippen LogP contribution in [0.15, 0.2) is 30.5 Å². The first-order chi connectivity index (χ1) is 12.2. The van der Waals surface area contributed by atoms with Crippen molar-refractivity contribution in [1.29, 1.82) is 0 Å². The van der Waals surface area contributed by atoms with E-state index in [-0.39, 0.29) is 11.6 Å². The van der Waals surface area contributed by atoms with E-state index in [0.29, 0.717) is 11.6 Å². The van der Waals surface area contributed by atoms with Crippen molar-refractivity contribution in [2.24, 2.45) is 0 Å². The van der Waals surface area contributed by atoms with Gasteiger partial charge in [-0.15, -0.1) is 0 Å². The van der Waals surface area contributed by atoms with Gasteiger partial charge in [0.25, 0.3) is 6.43 Å². The number of nitrogens with zero attached hydrogens (tertiary/aromatic N) is 5. The van der Waals surface area contributed by atoms with E-state index in [1.165, 1.54) is 6.07 Å². The Bertz CT molecular complexity index is 692. The molecule has 0 unspecified atom stereocenters. The van der Waals surface area contributed by atoms with E-state index in [2.05, 4.69) is 24.8 Å². The van der Waals surface area contributed by atoms with Gasteiger partial charge in [0.05, 0.1) is 5.69 Å². The Kier molecular flexibility index (Phi) is 4.57. The first-order valence-electron chi connectivity index (χ1n) is 8.73. The number of anilines is 1. The zero-order valence-electron chi connectivity index (χ0n) is 14.0. The predicted octanol–water partition coefficient (Wildman–Crippen LogP) is 3.01. The second-order valence-electron chi connectivity index (χ2n) is 6.67. The maximum atomic E-state index is 13.2.